The molecule has 0 saturated heterocycles. The first-order valence-corrected chi connectivity index (χ1v) is 7.38. The zero-order valence-corrected chi connectivity index (χ0v) is 14.1. The molecule has 0 aliphatic carbocycles. The van der Waals surface area contributed by atoms with Gasteiger partial charge >= 0.3 is 6.09 Å². The molecule has 0 atom stereocenters. The zero-order valence-electron chi connectivity index (χ0n) is 14.1. The van der Waals surface area contributed by atoms with Crippen molar-refractivity contribution >= 4 is 17.5 Å². The number of hydrogen-bond donors (Lipinski definition) is 1. The van der Waals surface area contributed by atoms with E-state index in [4.69, 9.17) is 4.74 Å². The number of nitrogens with one attached hydrogen (secondary N) is 1. The average molecular weight is 290 g/mol. The van der Waals surface area contributed by atoms with Crippen molar-refractivity contribution in [1.82, 2.24) is 0 Å². The Kier molecular flexibility index (Phi) is 3.68. The quantitative estimate of drug-likeness (QED) is 0.776. The highest BCUT2D eigenvalue weighted by molar-refractivity contribution is 5.94. The van der Waals surface area contributed by atoms with Gasteiger partial charge in [-0.1, -0.05) is 0 Å². The first-order valence-electron chi connectivity index (χ1n) is 7.38. The van der Waals surface area contributed by atoms with Gasteiger partial charge in [0.05, 0.1) is 17.9 Å². The van der Waals surface area contributed by atoms with Crippen LogP contribution < -0.4 is 10.2 Å². The molecule has 1 heterocycles. The van der Waals surface area contributed by atoms with E-state index >= 15 is 0 Å². The van der Waals surface area contributed by atoms with E-state index in [9.17, 15) is 4.79 Å². The van der Waals surface area contributed by atoms with Crippen molar-refractivity contribution in [1.29, 1.82) is 0 Å². The van der Waals surface area contributed by atoms with Crippen LogP contribution in [-0.2, 0) is 4.74 Å². The minimum Gasteiger partial charge on any atom is -0.443 e. The van der Waals surface area contributed by atoms with E-state index in [1.54, 1.807) is 4.90 Å². The summed E-state index contributed by atoms with van der Waals surface area (Å²) in [7, 11) is 0. The van der Waals surface area contributed by atoms with Gasteiger partial charge in [0.1, 0.15) is 5.60 Å². The van der Waals surface area contributed by atoms with E-state index < -0.39 is 5.60 Å². The fourth-order valence-corrected chi connectivity index (χ4v) is 2.49. The number of hydrogen-bond acceptors (Lipinski definition) is 3. The molecule has 0 bridgehead atoms. The molecule has 0 saturated carbocycles. The van der Waals surface area contributed by atoms with Crippen molar-refractivity contribution < 1.29 is 9.53 Å². The summed E-state index contributed by atoms with van der Waals surface area (Å²) in [6, 6.07) is 4.15. The Hall–Kier alpha value is -1.71. The third-order valence-electron chi connectivity index (χ3n) is 3.54. The van der Waals surface area contributed by atoms with E-state index in [1.807, 2.05) is 20.8 Å². The fourth-order valence-electron chi connectivity index (χ4n) is 2.49. The predicted molar refractivity (Wildman–Crippen MR) is 87.2 cm³/mol. The molecule has 4 heteroatoms. The van der Waals surface area contributed by atoms with E-state index in [2.05, 4.69) is 45.1 Å². The summed E-state index contributed by atoms with van der Waals surface area (Å²) in [6.07, 6.45) is -0.290. The van der Waals surface area contributed by atoms with Gasteiger partial charge in [-0.3, -0.25) is 4.90 Å². The number of rotatable bonds is 0. The second kappa shape index (κ2) is 4.93. The Morgan fingerprint density at radius 1 is 1.24 bits per heavy atom. The molecule has 116 valence electrons. The van der Waals surface area contributed by atoms with Crippen LogP contribution in [0.25, 0.3) is 0 Å². The van der Waals surface area contributed by atoms with Crippen LogP contribution in [0.4, 0.5) is 16.2 Å². The number of amides is 1. The van der Waals surface area contributed by atoms with Crippen molar-refractivity contribution in [3.05, 3.63) is 23.3 Å². The highest BCUT2D eigenvalue weighted by Crippen LogP contribution is 2.37. The van der Waals surface area contributed by atoms with Gasteiger partial charge in [-0.25, -0.2) is 4.79 Å². The number of carbonyl (C=O) groups is 1. The van der Waals surface area contributed by atoms with E-state index in [1.165, 1.54) is 11.1 Å². The lowest BCUT2D eigenvalue weighted by molar-refractivity contribution is 0.0573. The number of nitrogens with zero attached hydrogens (tertiary/aromatic N) is 1. The highest BCUT2D eigenvalue weighted by atomic mass is 16.6. The van der Waals surface area contributed by atoms with Crippen LogP contribution in [0.3, 0.4) is 0 Å². The minimum atomic E-state index is -0.494. The molecule has 0 aromatic heterocycles. The standard InChI is InChI=1S/C17H26N2O2/c1-11-8-13-14(9-12(11)2)19(10-17(6,7)18-13)15(20)21-16(3,4)5/h8-9,18H,10H2,1-7H3. The monoisotopic (exact) mass is 290 g/mol. The molecular formula is C17H26N2O2. The lowest BCUT2D eigenvalue weighted by Crippen LogP contribution is -2.52. The molecule has 0 radical (unpaired) electrons. The maximum atomic E-state index is 12.5. The van der Waals surface area contributed by atoms with Gasteiger partial charge in [0.25, 0.3) is 0 Å². The molecule has 21 heavy (non-hydrogen) atoms. The molecule has 2 rings (SSSR count). The van der Waals surface area contributed by atoms with Gasteiger partial charge in [-0.2, -0.15) is 0 Å². The Morgan fingerprint density at radius 2 is 1.81 bits per heavy atom. The summed E-state index contributed by atoms with van der Waals surface area (Å²) in [6.45, 7) is 14.6. The molecule has 1 aromatic carbocycles. The maximum absolute atomic E-state index is 12.5. The maximum Gasteiger partial charge on any atom is 0.414 e. The Bertz CT molecular complexity index is 571. The van der Waals surface area contributed by atoms with E-state index in [0.29, 0.717) is 6.54 Å². The van der Waals surface area contributed by atoms with Crippen LogP contribution in [0, 0.1) is 13.8 Å². The summed E-state index contributed by atoms with van der Waals surface area (Å²) < 4.78 is 5.56. The molecule has 0 unspecified atom stereocenters. The lowest BCUT2D eigenvalue weighted by atomic mass is 9.97. The second-order valence-electron chi connectivity index (χ2n) is 7.53. The number of aryl methyl sites for hydroxylation is 2. The summed E-state index contributed by atoms with van der Waals surface area (Å²) in [5.74, 6) is 0. The molecule has 1 aromatic rings. The molecule has 1 amide bonds. The van der Waals surface area contributed by atoms with Gasteiger partial charge in [-0.05, 0) is 71.7 Å². The summed E-state index contributed by atoms with van der Waals surface area (Å²) in [4.78, 5) is 14.3. The predicted octanol–water partition coefficient (Wildman–Crippen LogP) is 4.25. The van der Waals surface area contributed by atoms with Gasteiger partial charge in [0.15, 0.2) is 0 Å². The van der Waals surface area contributed by atoms with Crippen molar-refractivity contribution in [2.45, 2.75) is 59.6 Å². The zero-order chi connectivity index (χ0) is 16.0. The van der Waals surface area contributed by atoms with Crippen LogP contribution in [0.2, 0.25) is 0 Å². The number of benzene rings is 1. The van der Waals surface area contributed by atoms with Crippen LogP contribution in [0.15, 0.2) is 12.1 Å². The lowest BCUT2D eigenvalue weighted by Gasteiger charge is -2.41. The van der Waals surface area contributed by atoms with Crippen LogP contribution >= 0.6 is 0 Å². The number of fused-ring (bicyclic) bond motifs is 1. The first kappa shape index (κ1) is 15.7. The Balaban J connectivity index is 2.43. The van der Waals surface area contributed by atoms with Gasteiger partial charge in [-0.15, -0.1) is 0 Å². The van der Waals surface area contributed by atoms with Gasteiger partial charge in [0, 0.05) is 5.54 Å². The van der Waals surface area contributed by atoms with E-state index in [-0.39, 0.29) is 11.6 Å². The van der Waals surface area contributed by atoms with Gasteiger partial charge in [0.2, 0.25) is 0 Å². The summed E-state index contributed by atoms with van der Waals surface area (Å²) >= 11 is 0. The molecule has 1 N–H and O–H groups in total. The van der Waals surface area contributed by atoms with E-state index in [0.717, 1.165) is 11.4 Å². The molecule has 0 spiro atoms. The first-order chi connectivity index (χ1) is 9.48. The summed E-state index contributed by atoms with van der Waals surface area (Å²) in [5, 5.41) is 3.50. The van der Waals surface area contributed by atoms with Crippen LogP contribution in [0.1, 0.15) is 45.7 Å². The normalized spacial score (nSPS) is 17.0. The minimum absolute atomic E-state index is 0.189. The second-order valence-corrected chi connectivity index (χ2v) is 7.53. The number of carbonyl (C=O) groups excluding carboxylic acids is 1. The average Bonchev–Trinajstić information content (AvgIpc) is 2.27. The number of anilines is 2. The van der Waals surface area contributed by atoms with Crippen LogP contribution in [0.5, 0.6) is 0 Å². The van der Waals surface area contributed by atoms with Crippen molar-refractivity contribution in [3.63, 3.8) is 0 Å². The SMILES string of the molecule is Cc1cc2c(cc1C)N(C(=O)OC(C)(C)C)CC(C)(C)N2. The molecular weight excluding hydrogens is 264 g/mol. The summed E-state index contributed by atoms with van der Waals surface area (Å²) in [5.41, 5.74) is 3.58. The molecule has 4 nitrogen and oxygen atoms in total. The number of ether oxygens (including phenoxy) is 1. The molecule has 1 aliphatic heterocycles. The van der Waals surface area contributed by atoms with Crippen molar-refractivity contribution in [2.75, 3.05) is 16.8 Å². The third-order valence-corrected chi connectivity index (χ3v) is 3.54. The Labute approximate surface area is 127 Å². The van der Waals surface area contributed by atoms with Crippen LogP contribution in [-0.4, -0.2) is 23.8 Å². The van der Waals surface area contributed by atoms with Crippen molar-refractivity contribution in [2.24, 2.45) is 0 Å². The van der Waals surface area contributed by atoms with Gasteiger partial charge < -0.3 is 10.1 Å². The third kappa shape index (κ3) is 3.49. The molecule has 1 aliphatic rings. The van der Waals surface area contributed by atoms with Crippen molar-refractivity contribution in [3.8, 4) is 0 Å². The highest BCUT2D eigenvalue weighted by Gasteiger charge is 2.35. The topological polar surface area (TPSA) is 41.6 Å². The fraction of sp³-hybridized carbons (Fsp3) is 0.588. The molecule has 0 fully saturated rings. The largest absolute Gasteiger partial charge is 0.443 e. The Morgan fingerprint density at radius 3 is 2.38 bits per heavy atom. The smallest absolute Gasteiger partial charge is 0.414 e.